The summed E-state index contributed by atoms with van der Waals surface area (Å²) < 4.78 is 0. The van der Waals surface area contributed by atoms with E-state index >= 15 is 0 Å². The Balaban J connectivity index is 2.42. The van der Waals surface area contributed by atoms with Crippen molar-refractivity contribution in [2.24, 2.45) is 5.73 Å². The lowest BCUT2D eigenvalue weighted by atomic mass is 10.0. The summed E-state index contributed by atoms with van der Waals surface area (Å²) in [6, 6.07) is 6.20. The van der Waals surface area contributed by atoms with Crippen LogP contribution in [0.2, 0.25) is 0 Å². The maximum atomic E-state index is 11.6. The van der Waals surface area contributed by atoms with Gasteiger partial charge in [0.25, 0.3) is 0 Å². The summed E-state index contributed by atoms with van der Waals surface area (Å²) in [5, 5.41) is 0. The minimum absolute atomic E-state index is 0.126. The van der Waals surface area contributed by atoms with Crippen LogP contribution in [0.3, 0.4) is 0 Å². The van der Waals surface area contributed by atoms with Gasteiger partial charge in [0.15, 0.2) is 0 Å². The van der Waals surface area contributed by atoms with E-state index in [2.05, 4.69) is 6.07 Å². The summed E-state index contributed by atoms with van der Waals surface area (Å²) in [5.41, 5.74) is 9.17. The van der Waals surface area contributed by atoms with Crippen LogP contribution < -0.4 is 10.6 Å². The van der Waals surface area contributed by atoms with Crippen molar-refractivity contribution in [3.05, 3.63) is 29.3 Å². The zero-order valence-corrected chi connectivity index (χ0v) is 9.16. The number of anilines is 1. The van der Waals surface area contributed by atoms with Gasteiger partial charge in [-0.05, 0) is 24.5 Å². The number of fused-ring (bicyclic) bond motifs is 1. The SMILES string of the molecule is CC(N)Cc1cccc2c1N(C)C(=O)C2. The van der Waals surface area contributed by atoms with Crippen LogP contribution in [0.15, 0.2) is 18.2 Å². The summed E-state index contributed by atoms with van der Waals surface area (Å²) in [5.74, 6) is 0.169. The molecule has 1 aromatic rings. The van der Waals surface area contributed by atoms with E-state index in [1.807, 2.05) is 26.1 Å². The van der Waals surface area contributed by atoms with Gasteiger partial charge in [0.2, 0.25) is 5.91 Å². The minimum atomic E-state index is 0.126. The van der Waals surface area contributed by atoms with E-state index in [1.165, 1.54) is 5.56 Å². The molecule has 1 aliphatic heterocycles. The number of carbonyl (C=O) groups is 1. The van der Waals surface area contributed by atoms with Crippen molar-refractivity contribution >= 4 is 11.6 Å². The monoisotopic (exact) mass is 204 g/mol. The maximum absolute atomic E-state index is 11.6. The molecule has 1 amide bonds. The van der Waals surface area contributed by atoms with Gasteiger partial charge in [-0.25, -0.2) is 0 Å². The highest BCUT2D eigenvalue weighted by molar-refractivity contribution is 6.01. The second-order valence-corrected chi connectivity index (χ2v) is 4.24. The van der Waals surface area contributed by atoms with E-state index in [9.17, 15) is 4.79 Å². The summed E-state index contributed by atoms with van der Waals surface area (Å²) >= 11 is 0. The molecule has 80 valence electrons. The molecule has 0 aromatic heterocycles. The van der Waals surface area contributed by atoms with E-state index in [1.54, 1.807) is 4.90 Å². The van der Waals surface area contributed by atoms with E-state index in [-0.39, 0.29) is 11.9 Å². The van der Waals surface area contributed by atoms with Crippen molar-refractivity contribution in [1.82, 2.24) is 0 Å². The number of rotatable bonds is 2. The largest absolute Gasteiger partial charge is 0.328 e. The van der Waals surface area contributed by atoms with Crippen LogP contribution in [-0.4, -0.2) is 19.0 Å². The van der Waals surface area contributed by atoms with Crippen molar-refractivity contribution in [3.63, 3.8) is 0 Å². The van der Waals surface area contributed by atoms with Crippen molar-refractivity contribution < 1.29 is 4.79 Å². The number of nitrogens with two attached hydrogens (primary N) is 1. The Bertz CT molecular complexity index is 399. The molecule has 0 bridgehead atoms. The number of likely N-dealkylation sites (N-methyl/N-ethyl adjacent to an activating group) is 1. The summed E-state index contributed by atoms with van der Waals surface area (Å²) in [6.45, 7) is 1.98. The third-order valence-electron chi connectivity index (χ3n) is 2.80. The number of amides is 1. The van der Waals surface area contributed by atoms with E-state index in [0.717, 1.165) is 17.7 Å². The van der Waals surface area contributed by atoms with Crippen LogP contribution in [0.25, 0.3) is 0 Å². The number of hydrogen-bond donors (Lipinski definition) is 1. The average molecular weight is 204 g/mol. The van der Waals surface area contributed by atoms with Gasteiger partial charge in [-0.1, -0.05) is 18.2 Å². The second kappa shape index (κ2) is 3.66. The van der Waals surface area contributed by atoms with Crippen LogP contribution in [0.4, 0.5) is 5.69 Å². The molecule has 2 N–H and O–H groups in total. The number of nitrogens with zero attached hydrogens (tertiary/aromatic N) is 1. The Hall–Kier alpha value is -1.35. The molecule has 1 atom stereocenters. The van der Waals surface area contributed by atoms with Crippen LogP contribution in [0.1, 0.15) is 18.1 Å². The molecule has 1 unspecified atom stereocenters. The predicted molar refractivity (Wildman–Crippen MR) is 60.9 cm³/mol. The van der Waals surface area contributed by atoms with Crippen LogP contribution in [0.5, 0.6) is 0 Å². The van der Waals surface area contributed by atoms with Gasteiger partial charge in [0.05, 0.1) is 12.1 Å². The second-order valence-electron chi connectivity index (χ2n) is 4.24. The first-order chi connectivity index (χ1) is 7.09. The molecule has 0 saturated heterocycles. The fraction of sp³-hybridized carbons (Fsp3) is 0.417. The van der Waals surface area contributed by atoms with E-state index in [4.69, 9.17) is 5.73 Å². The van der Waals surface area contributed by atoms with Crippen molar-refractivity contribution in [3.8, 4) is 0 Å². The first-order valence-corrected chi connectivity index (χ1v) is 5.22. The molecule has 0 aliphatic carbocycles. The molecule has 15 heavy (non-hydrogen) atoms. The van der Waals surface area contributed by atoms with Gasteiger partial charge >= 0.3 is 0 Å². The lowest BCUT2D eigenvalue weighted by Crippen LogP contribution is -2.23. The lowest BCUT2D eigenvalue weighted by Gasteiger charge is -2.16. The Morgan fingerprint density at radius 3 is 2.93 bits per heavy atom. The standard InChI is InChI=1S/C12H16N2O/c1-8(13)6-9-4-3-5-10-7-11(15)14(2)12(9)10/h3-5,8H,6-7,13H2,1-2H3. The van der Waals surface area contributed by atoms with Gasteiger partial charge < -0.3 is 10.6 Å². The number of carbonyl (C=O) groups excluding carboxylic acids is 1. The minimum Gasteiger partial charge on any atom is -0.328 e. The van der Waals surface area contributed by atoms with Gasteiger partial charge in [-0.3, -0.25) is 4.79 Å². The lowest BCUT2D eigenvalue weighted by molar-refractivity contribution is -0.117. The van der Waals surface area contributed by atoms with Crippen LogP contribution in [0, 0.1) is 0 Å². The highest BCUT2D eigenvalue weighted by Crippen LogP contribution is 2.31. The number of para-hydroxylation sites is 1. The zero-order valence-electron chi connectivity index (χ0n) is 9.16. The van der Waals surface area contributed by atoms with Crippen molar-refractivity contribution in [2.75, 3.05) is 11.9 Å². The van der Waals surface area contributed by atoms with Crippen molar-refractivity contribution in [2.45, 2.75) is 25.8 Å². The third-order valence-corrected chi connectivity index (χ3v) is 2.80. The third kappa shape index (κ3) is 1.75. The smallest absolute Gasteiger partial charge is 0.231 e. The Morgan fingerprint density at radius 1 is 1.53 bits per heavy atom. The quantitative estimate of drug-likeness (QED) is 0.784. The molecule has 3 heteroatoms. The number of benzene rings is 1. The molecule has 0 spiro atoms. The molecular formula is C12H16N2O. The van der Waals surface area contributed by atoms with Gasteiger partial charge in [0, 0.05) is 13.1 Å². The Kier molecular flexibility index (Phi) is 2.49. The zero-order chi connectivity index (χ0) is 11.0. The highest BCUT2D eigenvalue weighted by atomic mass is 16.2. The topological polar surface area (TPSA) is 46.3 Å². The van der Waals surface area contributed by atoms with Gasteiger partial charge in [-0.15, -0.1) is 0 Å². The summed E-state index contributed by atoms with van der Waals surface area (Å²) in [7, 11) is 1.83. The van der Waals surface area contributed by atoms with E-state index < -0.39 is 0 Å². The maximum Gasteiger partial charge on any atom is 0.231 e. The van der Waals surface area contributed by atoms with Crippen LogP contribution >= 0.6 is 0 Å². The molecule has 1 aliphatic rings. The van der Waals surface area contributed by atoms with Crippen LogP contribution in [-0.2, 0) is 17.6 Å². The molecule has 1 aromatic carbocycles. The molecule has 1 heterocycles. The molecule has 2 rings (SSSR count). The Morgan fingerprint density at radius 2 is 2.27 bits per heavy atom. The first kappa shape index (κ1) is 10.2. The molecule has 0 radical (unpaired) electrons. The molecule has 0 fully saturated rings. The molecular weight excluding hydrogens is 188 g/mol. The summed E-state index contributed by atoms with van der Waals surface area (Å²) in [4.78, 5) is 13.3. The fourth-order valence-electron chi connectivity index (χ4n) is 2.14. The van der Waals surface area contributed by atoms with Gasteiger partial charge in [0.1, 0.15) is 0 Å². The number of hydrogen-bond acceptors (Lipinski definition) is 2. The summed E-state index contributed by atoms with van der Waals surface area (Å²) in [6.07, 6.45) is 1.35. The molecule has 0 saturated carbocycles. The van der Waals surface area contributed by atoms with E-state index in [0.29, 0.717) is 6.42 Å². The average Bonchev–Trinajstić information content (AvgIpc) is 2.43. The van der Waals surface area contributed by atoms with Gasteiger partial charge in [-0.2, -0.15) is 0 Å². The van der Waals surface area contributed by atoms with Crippen molar-refractivity contribution in [1.29, 1.82) is 0 Å². The first-order valence-electron chi connectivity index (χ1n) is 5.22. The predicted octanol–water partition coefficient (Wildman–Crippen LogP) is 1.10. The molecule has 3 nitrogen and oxygen atoms in total. The highest BCUT2D eigenvalue weighted by Gasteiger charge is 2.26. The Labute approximate surface area is 89.9 Å². The fourth-order valence-corrected chi connectivity index (χ4v) is 2.14. The normalized spacial score (nSPS) is 16.7.